The smallest absolute Gasteiger partial charge is 0.371 e. The Morgan fingerprint density at radius 2 is 2.09 bits per heavy atom. The second-order valence-electron chi connectivity index (χ2n) is 2.14. The van der Waals surface area contributed by atoms with Crippen molar-refractivity contribution in [2.75, 3.05) is 6.54 Å². The van der Waals surface area contributed by atoms with Gasteiger partial charge in [-0.2, -0.15) is 0 Å². The van der Waals surface area contributed by atoms with Crippen molar-refractivity contribution in [3.63, 3.8) is 0 Å². The Bertz CT molecular complexity index is 243. The maximum Gasteiger partial charge on any atom is 0.371 e. The maximum atomic E-state index is 10.7. The Labute approximate surface area is 62.3 Å². The third-order valence-electron chi connectivity index (χ3n) is 1.42. The van der Waals surface area contributed by atoms with Crippen molar-refractivity contribution in [1.29, 1.82) is 0 Å². The molecule has 1 heterocycles. The molecular weight excluding hydrogens is 150 g/mol. The fourth-order valence-electron chi connectivity index (χ4n) is 0.876. The summed E-state index contributed by atoms with van der Waals surface area (Å²) in [6, 6.07) is 0. The first-order valence-corrected chi connectivity index (χ1v) is 3.06. The average molecular weight is 157 g/mol. The molecular formula is C6H7NO4. The molecule has 1 aliphatic heterocycles. The molecule has 5 heteroatoms. The number of carboxylic acid groups (broad SMARTS) is 1. The molecule has 0 atom stereocenters. The maximum absolute atomic E-state index is 10.7. The first-order valence-electron chi connectivity index (χ1n) is 3.06. The molecule has 1 saturated heterocycles. The largest absolute Gasteiger partial charge is 0.501 e. The highest BCUT2D eigenvalue weighted by molar-refractivity contribution is 6.02. The third kappa shape index (κ3) is 1.31. The van der Waals surface area contributed by atoms with Crippen molar-refractivity contribution in [2.45, 2.75) is 6.42 Å². The Morgan fingerprint density at radius 3 is 2.45 bits per heavy atom. The molecule has 5 nitrogen and oxygen atoms in total. The van der Waals surface area contributed by atoms with Crippen LogP contribution in [0.25, 0.3) is 0 Å². The second kappa shape index (κ2) is 2.61. The van der Waals surface area contributed by atoms with E-state index in [1.54, 1.807) is 0 Å². The van der Waals surface area contributed by atoms with E-state index in [1.807, 2.05) is 0 Å². The fourth-order valence-corrected chi connectivity index (χ4v) is 0.876. The van der Waals surface area contributed by atoms with Crippen molar-refractivity contribution in [3.8, 4) is 0 Å². The molecule has 1 amide bonds. The van der Waals surface area contributed by atoms with Crippen molar-refractivity contribution < 1.29 is 19.8 Å². The lowest BCUT2D eigenvalue weighted by atomic mass is 10.2. The second-order valence-corrected chi connectivity index (χ2v) is 2.14. The van der Waals surface area contributed by atoms with E-state index in [2.05, 4.69) is 5.32 Å². The number of carboxylic acids is 1. The van der Waals surface area contributed by atoms with Gasteiger partial charge in [0.15, 0.2) is 0 Å². The van der Waals surface area contributed by atoms with Crippen LogP contribution < -0.4 is 5.32 Å². The quantitative estimate of drug-likeness (QED) is 0.350. The number of aliphatic hydroxyl groups excluding tert-OH is 1. The van der Waals surface area contributed by atoms with Gasteiger partial charge in [0, 0.05) is 6.54 Å². The van der Waals surface area contributed by atoms with Gasteiger partial charge in [0.25, 0.3) is 5.91 Å². The highest BCUT2D eigenvalue weighted by Crippen LogP contribution is 2.11. The topological polar surface area (TPSA) is 86.6 Å². The van der Waals surface area contributed by atoms with Crippen molar-refractivity contribution in [3.05, 3.63) is 11.3 Å². The van der Waals surface area contributed by atoms with Gasteiger partial charge in [0.1, 0.15) is 0 Å². The summed E-state index contributed by atoms with van der Waals surface area (Å²) in [6.07, 6.45) is 0.275. The summed E-state index contributed by atoms with van der Waals surface area (Å²) in [6.45, 7) is 0.394. The number of rotatable bonds is 1. The van der Waals surface area contributed by atoms with E-state index >= 15 is 0 Å². The van der Waals surface area contributed by atoms with E-state index in [9.17, 15) is 9.59 Å². The van der Waals surface area contributed by atoms with E-state index < -0.39 is 17.6 Å². The average Bonchev–Trinajstić information content (AvgIpc) is 2.33. The Balaban J connectivity index is 2.94. The predicted octanol–water partition coefficient (Wildman–Crippen LogP) is -0.597. The molecule has 0 saturated carbocycles. The van der Waals surface area contributed by atoms with Gasteiger partial charge in [-0.3, -0.25) is 4.79 Å². The number of carbonyl (C=O) groups is 2. The highest BCUT2D eigenvalue weighted by Gasteiger charge is 2.23. The van der Waals surface area contributed by atoms with Crippen molar-refractivity contribution in [2.24, 2.45) is 0 Å². The molecule has 0 aliphatic carbocycles. The number of aliphatic carboxylic acids is 1. The Hall–Kier alpha value is -1.52. The molecule has 1 aliphatic rings. The van der Waals surface area contributed by atoms with Crippen LogP contribution >= 0.6 is 0 Å². The summed E-state index contributed by atoms with van der Waals surface area (Å²) in [5, 5.41) is 19.5. The molecule has 11 heavy (non-hydrogen) atoms. The summed E-state index contributed by atoms with van der Waals surface area (Å²) in [7, 11) is 0. The van der Waals surface area contributed by atoms with E-state index in [1.165, 1.54) is 0 Å². The summed E-state index contributed by atoms with van der Waals surface area (Å²) >= 11 is 0. The Morgan fingerprint density at radius 1 is 1.45 bits per heavy atom. The zero-order chi connectivity index (χ0) is 8.43. The number of amides is 1. The fraction of sp³-hybridized carbons (Fsp3) is 0.333. The summed E-state index contributed by atoms with van der Waals surface area (Å²) < 4.78 is 0. The Kier molecular flexibility index (Phi) is 1.80. The molecule has 0 aromatic heterocycles. The van der Waals surface area contributed by atoms with Gasteiger partial charge in [0.2, 0.25) is 5.76 Å². The lowest BCUT2D eigenvalue weighted by Gasteiger charge is -1.94. The SMILES string of the molecule is O=C(O)C(O)=C1CCNC1=O. The van der Waals surface area contributed by atoms with Crippen molar-refractivity contribution >= 4 is 11.9 Å². The van der Waals surface area contributed by atoms with Crippen LogP contribution in [0.15, 0.2) is 11.3 Å². The monoisotopic (exact) mass is 157 g/mol. The normalized spacial score (nSPS) is 21.3. The number of hydrogen-bond donors (Lipinski definition) is 3. The van der Waals surface area contributed by atoms with Gasteiger partial charge < -0.3 is 15.5 Å². The third-order valence-corrected chi connectivity index (χ3v) is 1.42. The van der Waals surface area contributed by atoms with Gasteiger partial charge in [-0.1, -0.05) is 0 Å². The minimum Gasteiger partial charge on any atom is -0.501 e. The van der Waals surface area contributed by atoms with Crippen LogP contribution in [0.5, 0.6) is 0 Å². The van der Waals surface area contributed by atoms with Gasteiger partial charge >= 0.3 is 5.97 Å². The zero-order valence-corrected chi connectivity index (χ0v) is 5.63. The lowest BCUT2D eigenvalue weighted by molar-refractivity contribution is -0.136. The van der Waals surface area contributed by atoms with Crippen molar-refractivity contribution in [1.82, 2.24) is 5.32 Å². The van der Waals surface area contributed by atoms with E-state index in [4.69, 9.17) is 10.2 Å². The van der Waals surface area contributed by atoms with Crippen LogP contribution in [0.1, 0.15) is 6.42 Å². The van der Waals surface area contributed by atoms with Crippen LogP contribution in [0.2, 0.25) is 0 Å². The van der Waals surface area contributed by atoms with Crippen LogP contribution in [-0.4, -0.2) is 28.6 Å². The predicted molar refractivity (Wildman–Crippen MR) is 34.9 cm³/mol. The molecule has 0 spiro atoms. The number of aliphatic hydroxyl groups is 1. The molecule has 0 unspecified atom stereocenters. The van der Waals surface area contributed by atoms with Crippen LogP contribution in [0.3, 0.4) is 0 Å². The number of hydrogen-bond acceptors (Lipinski definition) is 3. The standard InChI is InChI=1S/C6H7NO4/c8-4(6(10)11)3-1-2-7-5(3)9/h8H,1-2H2,(H,7,9)(H,10,11). The van der Waals surface area contributed by atoms with Crippen LogP contribution in [-0.2, 0) is 9.59 Å². The molecule has 0 aromatic carbocycles. The van der Waals surface area contributed by atoms with E-state index in [0.717, 1.165) is 0 Å². The van der Waals surface area contributed by atoms with E-state index in [0.29, 0.717) is 6.54 Å². The highest BCUT2D eigenvalue weighted by atomic mass is 16.4. The van der Waals surface area contributed by atoms with Gasteiger partial charge in [0.05, 0.1) is 5.57 Å². The molecule has 0 radical (unpaired) electrons. The first-order chi connectivity index (χ1) is 5.13. The minimum atomic E-state index is -1.46. The first kappa shape index (κ1) is 7.59. The van der Waals surface area contributed by atoms with Gasteiger partial charge in [-0.25, -0.2) is 4.79 Å². The number of nitrogens with one attached hydrogen (secondary N) is 1. The molecule has 1 rings (SSSR count). The molecule has 0 aromatic rings. The molecule has 60 valence electrons. The van der Waals surface area contributed by atoms with E-state index in [-0.39, 0.29) is 12.0 Å². The summed E-state index contributed by atoms with van der Waals surface area (Å²) in [5.74, 6) is -2.80. The lowest BCUT2D eigenvalue weighted by Crippen LogP contribution is -2.16. The summed E-state index contributed by atoms with van der Waals surface area (Å²) in [4.78, 5) is 20.9. The zero-order valence-electron chi connectivity index (χ0n) is 5.63. The van der Waals surface area contributed by atoms with Gasteiger partial charge in [-0.05, 0) is 6.42 Å². The number of carbonyl (C=O) groups excluding carboxylic acids is 1. The molecule has 3 N–H and O–H groups in total. The van der Waals surface area contributed by atoms with Gasteiger partial charge in [-0.15, -0.1) is 0 Å². The summed E-state index contributed by atoms with van der Waals surface area (Å²) in [5.41, 5.74) is -0.0440. The molecule has 1 fully saturated rings. The van der Waals surface area contributed by atoms with Crippen LogP contribution in [0, 0.1) is 0 Å². The molecule has 0 bridgehead atoms. The van der Waals surface area contributed by atoms with Crippen LogP contribution in [0.4, 0.5) is 0 Å². The minimum absolute atomic E-state index is 0.0440.